The fourth-order valence-electron chi connectivity index (χ4n) is 4.90. The number of hydrogen-bond acceptors (Lipinski definition) is 5. The van der Waals surface area contributed by atoms with E-state index < -0.39 is 0 Å². The highest BCUT2D eigenvalue weighted by Gasteiger charge is 2.19. The summed E-state index contributed by atoms with van der Waals surface area (Å²) in [6.45, 7) is 6.89. The second-order valence-corrected chi connectivity index (χ2v) is 10.4. The SMILES string of the molecule is Cc1ccc2c(N)c(C(=O)NCCc3ccc(N4CCCCC4)c(-c4ccccc4C)c3)sc2n1. The van der Waals surface area contributed by atoms with E-state index in [9.17, 15) is 4.79 Å². The molecule has 0 spiro atoms. The number of rotatable bonds is 6. The van der Waals surface area contributed by atoms with Crippen LogP contribution in [-0.2, 0) is 6.42 Å². The lowest BCUT2D eigenvalue weighted by molar-refractivity contribution is 0.0959. The van der Waals surface area contributed by atoms with Gasteiger partial charge < -0.3 is 16.0 Å². The van der Waals surface area contributed by atoms with Crippen molar-refractivity contribution in [3.63, 3.8) is 0 Å². The first-order chi connectivity index (χ1) is 17.0. The topological polar surface area (TPSA) is 71.2 Å². The van der Waals surface area contributed by atoms with Gasteiger partial charge in [0.05, 0.1) is 5.69 Å². The summed E-state index contributed by atoms with van der Waals surface area (Å²) in [6.07, 6.45) is 4.56. The molecule has 1 amide bonds. The van der Waals surface area contributed by atoms with Gasteiger partial charge in [0.1, 0.15) is 9.71 Å². The van der Waals surface area contributed by atoms with E-state index >= 15 is 0 Å². The Labute approximate surface area is 211 Å². The number of nitrogens with two attached hydrogens (primary N) is 1. The summed E-state index contributed by atoms with van der Waals surface area (Å²) in [4.78, 5) is 21.3. The van der Waals surface area contributed by atoms with Crippen molar-refractivity contribution in [3.05, 3.63) is 76.3 Å². The maximum atomic E-state index is 12.9. The Morgan fingerprint density at radius 1 is 1.03 bits per heavy atom. The molecule has 180 valence electrons. The number of fused-ring (bicyclic) bond motifs is 1. The molecule has 35 heavy (non-hydrogen) atoms. The molecular formula is C29H32N4OS. The number of pyridine rings is 1. The van der Waals surface area contributed by atoms with E-state index in [0.29, 0.717) is 17.1 Å². The van der Waals surface area contributed by atoms with Crippen molar-refractivity contribution in [2.45, 2.75) is 39.5 Å². The minimum atomic E-state index is -0.132. The largest absolute Gasteiger partial charge is 0.397 e. The van der Waals surface area contributed by atoms with Crippen LogP contribution in [0.25, 0.3) is 21.3 Å². The molecule has 1 saturated heterocycles. The highest BCUT2D eigenvalue weighted by molar-refractivity contribution is 7.21. The molecule has 0 aliphatic carbocycles. The number of nitrogen functional groups attached to an aromatic ring is 1. The van der Waals surface area contributed by atoms with E-state index in [-0.39, 0.29) is 5.91 Å². The minimum Gasteiger partial charge on any atom is -0.397 e. The second kappa shape index (κ2) is 10.1. The van der Waals surface area contributed by atoms with Crippen molar-refractivity contribution in [1.82, 2.24) is 10.3 Å². The van der Waals surface area contributed by atoms with Crippen LogP contribution in [0.1, 0.15) is 45.8 Å². The van der Waals surface area contributed by atoms with Crippen molar-refractivity contribution >= 4 is 38.8 Å². The van der Waals surface area contributed by atoms with Gasteiger partial charge in [-0.25, -0.2) is 4.98 Å². The quantitative estimate of drug-likeness (QED) is 0.346. The van der Waals surface area contributed by atoms with Gasteiger partial charge in [-0.2, -0.15) is 0 Å². The first-order valence-corrected chi connectivity index (χ1v) is 13.2. The van der Waals surface area contributed by atoms with Crippen LogP contribution in [0, 0.1) is 13.8 Å². The molecule has 0 unspecified atom stereocenters. The molecule has 3 heterocycles. The summed E-state index contributed by atoms with van der Waals surface area (Å²) < 4.78 is 0. The van der Waals surface area contributed by atoms with Crippen molar-refractivity contribution < 1.29 is 4.79 Å². The average Bonchev–Trinajstić information content (AvgIpc) is 3.20. The van der Waals surface area contributed by atoms with Gasteiger partial charge in [-0.05, 0) is 80.5 Å². The molecule has 3 N–H and O–H groups in total. The minimum absolute atomic E-state index is 0.132. The first kappa shape index (κ1) is 23.4. The Hall–Kier alpha value is -3.38. The lowest BCUT2D eigenvalue weighted by Crippen LogP contribution is -2.30. The van der Waals surface area contributed by atoms with Gasteiger partial charge in [-0.3, -0.25) is 4.79 Å². The van der Waals surface area contributed by atoms with Gasteiger partial charge in [0, 0.05) is 42.0 Å². The summed E-state index contributed by atoms with van der Waals surface area (Å²) in [5, 5.41) is 3.91. The Balaban J connectivity index is 1.34. The monoisotopic (exact) mass is 484 g/mol. The molecule has 0 bridgehead atoms. The zero-order valence-electron chi connectivity index (χ0n) is 20.4. The summed E-state index contributed by atoms with van der Waals surface area (Å²) in [6, 6.07) is 19.2. The molecule has 2 aromatic heterocycles. The Kier molecular flexibility index (Phi) is 6.73. The lowest BCUT2D eigenvalue weighted by Gasteiger charge is -2.31. The average molecular weight is 485 g/mol. The fourth-order valence-corrected chi connectivity index (χ4v) is 5.95. The molecule has 0 radical (unpaired) electrons. The van der Waals surface area contributed by atoms with Crippen LogP contribution in [0.3, 0.4) is 0 Å². The van der Waals surface area contributed by atoms with E-state index in [1.165, 1.54) is 58.5 Å². The van der Waals surface area contributed by atoms with Crippen molar-refractivity contribution in [2.75, 3.05) is 30.3 Å². The molecule has 6 heteroatoms. The first-order valence-electron chi connectivity index (χ1n) is 12.4. The number of nitrogens with one attached hydrogen (secondary N) is 1. The van der Waals surface area contributed by atoms with Gasteiger partial charge in [-0.1, -0.05) is 30.3 Å². The molecule has 0 saturated carbocycles. The zero-order valence-corrected chi connectivity index (χ0v) is 21.3. The predicted octanol–water partition coefficient (Wildman–Crippen LogP) is 6.13. The Bertz CT molecular complexity index is 1370. The van der Waals surface area contributed by atoms with Gasteiger partial charge >= 0.3 is 0 Å². The molecule has 2 aromatic carbocycles. The summed E-state index contributed by atoms with van der Waals surface area (Å²) in [5.41, 5.74) is 14.1. The number of carbonyl (C=O) groups excluding carboxylic acids is 1. The van der Waals surface area contributed by atoms with E-state index in [1.54, 1.807) is 0 Å². The van der Waals surface area contributed by atoms with Crippen LogP contribution in [0.5, 0.6) is 0 Å². The maximum Gasteiger partial charge on any atom is 0.263 e. The van der Waals surface area contributed by atoms with E-state index in [2.05, 4.69) is 64.6 Å². The van der Waals surface area contributed by atoms with Crippen molar-refractivity contribution in [2.24, 2.45) is 0 Å². The number of anilines is 2. The number of aromatic nitrogens is 1. The molecule has 1 aliphatic rings. The predicted molar refractivity (Wildman–Crippen MR) is 147 cm³/mol. The highest BCUT2D eigenvalue weighted by atomic mass is 32.1. The van der Waals surface area contributed by atoms with Crippen LogP contribution in [0.4, 0.5) is 11.4 Å². The number of piperidine rings is 1. The van der Waals surface area contributed by atoms with Crippen molar-refractivity contribution in [1.29, 1.82) is 0 Å². The van der Waals surface area contributed by atoms with Crippen LogP contribution in [-0.4, -0.2) is 30.5 Å². The third-order valence-corrected chi connectivity index (χ3v) is 7.95. The van der Waals surface area contributed by atoms with Gasteiger partial charge in [-0.15, -0.1) is 11.3 Å². The molecule has 1 aliphatic heterocycles. The number of carbonyl (C=O) groups is 1. The second-order valence-electron chi connectivity index (χ2n) is 9.37. The summed E-state index contributed by atoms with van der Waals surface area (Å²) >= 11 is 1.36. The summed E-state index contributed by atoms with van der Waals surface area (Å²) in [7, 11) is 0. The smallest absolute Gasteiger partial charge is 0.263 e. The molecule has 4 aromatic rings. The fraction of sp³-hybridized carbons (Fsp3) is 0.310. The molecule has 5 nitrogen and oxygen atoms in total. The Morgan fingerprint density at radius 2 is 1.83 bits per heavy atom. The number of thiophene rings is 1. The van der Waals surface area contributed by atoms with Crippen LogP contribution in [0.15, 0.2) is 54.6 Å². The Morgan fingerprint density at radius 3 is 2.63 bits per heavy atom. The number of amides is 1. The normalized spacial score (nSPS) is 13.8. The molecule has 0 atom stereocenters. The summed E-state index contributed by atoms with van der Waals surface area (Å²) in [5.74, 6) is -0.132. The van der Waals surface area contributed by atoms with Crippen LogP contribution < -0.4 is 16.0 Å². The highest BCUT2D eigenvalue weighted by Crippen LogP contribution is 2.36. The van der Waals surface area contributed by atoms with E-state index in [0.717, 1.165) is 35.4 Å². The standard InChI is InChI=1S/C29H32N4OS/c1-19-8-4-5-9-22(19)24-18-21(11-13-25(24)33-16-6-3-7-17-33)14-15-31-28(34)27-26(30)23-12-10-20(2)32-29(23)35-27/h4-5,8-13,18H,3,6-7,14-17,30H2,1-2H3,(H,31,34). The van der Waals surface area contributed by atoms with Gasteiger partial charge in [0.2, 0.25) is 0 Å². The molecule has 1 fully saturated rings. The van der Waals surface area contributed by atoms with E-state index in [4.69, 9.17) is 5.73 Å². The van der Waals surface area contributed by atoms with Gasteiger partial charge in [0.25, 0.3) is 5.91 Å². The number of nitrogens with zero attached hydrogens (tertiary/aromatic N) is 2. The molecular weight excluding hydrogens is 452 g/mol. The van der Waals surface area contributed by atoms with E-state index in [1.807, 2.05) is 19.1 Å². The van der Waals surface area contributed by atoms with Crippen LogP contribution >= 0.6 is 11.3 Å². The zero-order chi connectivity index (χ0) is 24.4. The third-order valence-electron chi connectivity index (χ3n) is 6.83. The number of aryl methyl sites for hydroxylation is 2. The number of benzene rings is 2. The third kappa shape index (κ3) is 4.89. The van der Waals surface area contributed by atoms with Gasteiger partial charge in [0.15, 0.2) is 0 Å². The van der Waals surface area contributed by atoms with Crippen LogP contribution in [0.2, 0.25) is 0 Å². The van der Waals surface area contributed by atoms with Crippen molar-refractivity contribution in [3.8, 4) is 11.1 Å². The molecule has 5 rings (SSSR count). The maximum absolute atomic E-state index is 12.9. The number of hydrogen-bond donors (Lipinski definition) is 2. The lowest BCUT2D eigenvalue weighted by atomic mass is 9.95.